The van der Waals surface area contributed by atoms with Gasteiger partial charge in [-0.15, -0.1) is 10.2 Å². The molecule has 0 aliphatic rings. The second kappa shape index (κ2) is 10.2. The number of carbonyl (C=O) groups is 1. The largest absolute Gasteiger partial charge is 0.484 e. The quantitative estimate of drug-likeness (QED) is 0.465. The second-order valence-corrected chi connectivity index (χ2v) is 7.77. The van der Waals surface area contributed by atoms with E-state index in [2.05, 4.69) is 10.2 Å². The first-order valence-corrected chi connectivity index (χ1v) is 10.6. The van der Waals surface area contributed by atoms with E-state index in [0.717, 1.165) is 22.4 Å². The number of nitrogens with zero attached hydrogens (tertiary/aromatic N) is 3. The van der Waals surface area contributed by atoms with E-state index < -0.39 is 0 Å². The molecule has 0 aliphatic carbocycles. The summed E-state index contributed by atoms with van der Waals surface area (Å²) in [7, 11) is 0. The maximum Gasteiger partial charge on any atom is 0.277 e. The Morgan fingerprint density at radius 3 is 2.80 bits per heavy atom. The predicted molar refractivity (Wildman–Crippen MR) is 113 cm³/mol. The number of benzene rings is 2. The number of amides is 1. The minimum absolute atomic E-state index is 0.0850. The van der Waals surface area contributed by atoms with Gasteiger partial charge < -0.3 is 14.1 Å². The lowest BCUT2D eigenvalue weighted by atomic mass is 10.1. The van der Waals surface area contributed by atoms with Crippen LogP contribution >= 0.6 is 11.8 Å². The topological polar surface area (TPSA) is 68.5 Å². The third-order valence-electron chi connectivity index (χ3n) is 4.46. The third-order valence-corrected chi connectivity index (χ3v) is 5.26. The summed E-state index contributed by atoms with van der Waals surface area (Å²) in [5.74, 6) is 0.874. The molecule has 0 bridgehead atoms. The Morgan fingerprint density at radius 2 is 2.03 bits per heavy atom. The van der Waals surface area contributed by atoms with Crippen LogP contribution in [-0.4, -0.2) is 33.3 Å². The highest BCUT2D eigenvalue weighted by atomic mass is 32.2. The van der Waals surface area contributed by atoms with Gasteiger partial charge in [0.2, 0.25) is 5.91 Å². The number of carbonyl (C=O) groups excluding carboxylic acids is 1. The lowest BCUT2D eigenvalue weighted by molar-refractivity contribution is -0.128. The fourth-order valence-electron chi connectivity index (χ4n) is 2.80. The minimum Gasteiger partial charge on any atom is -0.484 e. The Bertz CT molecular complexity index is 1010. The van der Waals surface area contributed by atoms with Crippen LogP contribution in [0.2, 0.25) is 0 Å². The molecule has 6 nitrogen and oxygen atoms in total. The van der Waals surface area contributed by atoms with Gasteiger partial charge in [0.1, 0.15) is 11.6 Å². The average molecular weight is 430 g/mol. The number of hydrogen-bond donors (Lipinski definition) is 0. The number of aryl methyl sites for hydroxylation is 2. The molecule has 8 heteroatoms. The van der Waals surface area contributed by atoms with Crippen molar-refractivity contribution in [1.82, 2.24) is 15.1 Å². The van der Waals surface area contributed by atoms with Crippen molar-refractivity contribution in [1.29, 1.82) is 0 Å². The van der Waals surface area contributed by atoms with E-state index in [1.165, 1.54) is 23.9 Å². The van der Waals surface area contributed by atoms with Crippen LogP contribution in [0.4, 0.5) is 4.39 Å². The molecule has 0 unspecified atom stereocenters. The van der Waals surface area contributed by atoms with Crippen LogP contribution in [0, 0.1) is 19.7 Å². The Labute approximate surface area is 179 Å². The number of rotatable bonds is 9. The normalized spacial score (nSPS) is 10.8. The monoisotopic (exact) mass is 429 g/mol. The summed E-state index contributed by atoms with van der Waals surface area (Å²) >= 11 is 1.17. The Balaban J connectivity index is 1.51. The van der Waals surface area contributed by atoms with Crippen molar-refractivity contribution in [3.05, 3.63) is 70.9 Å². The molecular weight excluding hydrogens is 405 g/mol. The van der Waals surface area contributed by atoms with Crippen LogP contribution < -0.4 is 4.74 Å². The lowest BCUT2D eigenvalue weighted by Gasteiger charge is -2.20. The molecular formula is C22H24FN3O3S. The second-order valence-electron chi connectivity index (χ2n) is 6.85. The molecule has 0 N–H and O–H groups in total. The zero-order valence-electron chi connectivity index (χ0n) is 17.2. The molecule has 0 fully saturated rings. The van der Waals surface area contributed by atoms with Gasteiger partial charge in [-0.1, -0.05) is 36.0 Å². The highest BCUT2D eigenvalue weighted by molar-refractivity contribution is 7.99. The molecule has 0 atom stereocenters. The summed E-state index contributed by atoms with van der Waals surface area (Å²) in [6.45, 7) is 6.89. The summed E-state index contributed by atoms with van der Waals surface area (Å²) in [5.41, 5.74) is 2.88. The van der Waals surface area contributed by atoms with Crippen LogP contribution in [0.25, 0.3) is 0 Å². The van der Waals surface area contributed by atoms with Crippen molar-refractivity contribution in [2.24, 2.45) is 0 Å². The van der Waals surface area contributed by atoms with Crippen LogP contribution in [0.3, 0.4) is 0 Å². The summed E-state index contributed by atoms with van der Waals surface area (Å²) in [5, 5.41) is 8.25. The van der Waals surface area contributed by atoms with E-state index in [-0.39, 0.29) is 24.1 Å². The molecule has 0 spiro atoms. The molecule has 1 heterocycles. The van der Waals surface area contributed by atoms with Gasteiger partial charge >= 0.3 is 0 Å². The molecule has 3 aromatic rings. The van der Waals surface area contributed by atoms with Crippen molar-refractivity contribution < 1.29 is 18.3 Å². The van der Waals surface area contributed by atoms with E-state index in [9.17, 15) is 9.18 Å². The maximum atomic E-state index is 13.4. The highest BCUT2D eigenvalue weighted by Crippen LogP contribution is 2.22. The number of halogens is 1. The molecule has 0 saturated heterocycles. The van der Waals surface area contributed by atoms with Gasteiger partial charge in [0.15, 0.2) is 6.61 Å². The van der Waals surface area contributed by atoms with Crippen molar-refractivity contribution in [3.63, 3.8) is 0 Å². The zero-order chi connectivity index (χ0) is 21.5. The maximum absolute atomic E-state index is 13.4. The summed E-state index contributed by atoms with van der Waals surface area (Å²) in [6.07, 6.45) is 0. The summed E-state index contributed by atoms with van der Waals surface area (Å²) in [6, 6.07) is 12.2. The fourth-order valence-corrected chi connectivity index (χ4v) is 3.49. The molecule has 1 amide bonds. The first-order valence-electron chi connectivity index (χ1n) is 9.62. The van der Waals surface area contributed by atoms with Crippen LogP contribution in [-0.2, 0) is 17.9 Å². The van der Waals surface area contributed by atoms with Crippen LogP contribution in [0.1, 0.15) is 29.5 Å². The van der Waals surface area contributed by atoms with Crippen molar-refractivity contribution in [2.75, 3.05) is 12.3 Å². The van der Waals surface area contributed by atoms with E-state index in [1.807, 2.05) is 39.0 Å². The molecule has 2 aromatic carbocycles. The van der Waals surface area contributed by atoms with Crippen LogP contribution in [0.15, 0.2) is 52.1 Å². The van der Waals surface area contributed by atoms with Gasteiger partial charge in [-0.25, -0.2) is 4.39 Å². The zero-order valence-corrected chi connectivity index (χ0v) is 18.0. The highest BCUT2D eigenvalue weighted by Gasteiger charge is 2.16. The number of aromatic nitrogens is 2. The van der Waals surface area contributed by atoms with Crippen molar-refractivity contribution in [2.45, 2.75) is 39.1 Å². The summed E-state index contributed by atoms with van der Waals surface area (Å²) in [4.78, 5) is 14.2. The SMILES string of the molecule is CCN(Cc1cccc(F)c1)C(=O)CSc1nnc(COc2cc(C)ccc2C)o1. The number of hydrogen-bond acceptors (Lipinski definition) is 6. The standard InChI is InChI=1S/C22H24FN3O3S/c1-4-26(12-17-6-5-7-18(23)11-17)21(27)14-30-22-25-24-20(29-22)13-28-19-10-15(2)8-9-16(19)3/h5-11H,4,12-14H2,1-3H3. The van der Waals surface area contributed by atoms with Gasteiger partial charge in [0.25, 0.3) is 11.1 Å². The molecule has 3 rings (SSSR count). The van der Waals surface area contributed by atoms with Crippen molar-refractivity contribution in [3.8, 4) is 5.75 Å². The molecule has 0 radical (unpaired) electrons. The fraction of sp³-hybridized carbons (Fsp3) is 0.318. The van der Waals surface area contributed by atoms with Gasteiger partial charge in [0.05, 0.1) is 5.75 Å². The number of thioether (sulfide) groups is 1. The van der Waals surface area contributed by atoms with E-state index in [4.69, 9.17) is 9.15 Å². The van der Waals surface area contributed by atoms with Crippen molar-refractivity contribution >= 4 is 17.7 Å². The summed E-state index contributed by atoms with van der Waals surface area (Å²) < 4.78 is 24.7. The number of ether oxygens (including phenoxy) is 1. The first-order chi connectivity index (χ1) is 14.4. The van der Waals surface area contributed by atoms with Gasteiger partial charge in [0, 0.05) is 13.1 Å². The van der Waals surface area contributed by atoms with Gasteiger partial charge in [-0.05, 0) is 55.7 Å². The molecule has 158 valence electrons. The lowest BCUT2D eigenvalue weighted by Crippen LogP contribution is -2.31. The Kier molecular flexibility index (Phi) is 7.46. The van der Waals surface area contributed by atoms with Gasteiger partial charge in [-0.3, -0.25) is 4.79 Å². The average Bonchev–Trinajstić information content (AvgIpc) is 3.19. The first kappa shape index (κ1) is 21.8. The molecule has 1 aromatic heterocycles. The third kappa shape index (κ3) is 6.06. The molecule has 30 heavy (non-hydrogen) atoms. The van der Waals surface area contributed by atoms with E-state index >= 15 is 0 Å². The van der Waals surface area contributed by atoms with Crippen LogP contribution in [0.5, 0.6) is 5.75 Å². The predicted octanol–water partition coefficient (Wildman–Crippen LogP) is 4.55. The van der Waals surface area contributed by atoms with E-state index in [0.29, 0.717) is 24.2 Å². The van der Waals surface area contributed by atoms with E-state index in [1.54, 1.807) is 17.0 Å². The Morgan fingerprint density at radius 1 is 1.20 bits per heavy atom. The molecule has 0 saturated carbocycles. The minimum atomic E-state index is -0.313. The Hall–Kier alpha value is -2.87. The smallest absolute Gasteiger partial charge is 0.277 e. The molecule has 0 aliphatic heterocycles. The van der Waals surface area contributed by atoms with Gasteiger partial charge in [-0.2, -0.15) is 0 Å².